The van der Waals surface area contributed by atoms with Gasteiger partial charge in [-0.2, -0.15) is 0 Å². The first kappa shape index (κ1) is 17.0. The van der Waals surface area contributed by atoms with Crippen LogP contribution in [0.2, 0.25) is 0 Å². The molecule has 0 saturated heterocycles. The molecule has 1 aliphatic carbocycles. The third-order valence-electron chi connectivity index (χ3n) is 4.83. The molecule has 0 aromatic heterocycles. The van der Waals surface area contributed by atoms with Crippen LogP contribution in [0.5, 0.6) is 0 Å². The zero-order valence-electron chi connectivity index (χ0n) is 14.0. The molecular weight excluding hydrogens is 232 g/mol. The highest BCUT2D eigenvalue weighted by atomic mass is 15.1. The van der Waals surface area contributed by atoms with Crippen molar-refractivity contribution >= 4 is 0 Å². The largest absolute Gasteiger partial charge is 0.314 e. The number of unbranched alkanes of at least 4 members (excludes halogenated alkanes) is 1. The van der Waals surface area contributed by atoms with E-state index in [1.807, 2.05) is 0 Å². The van der Waals surface area contributed by atoms with Crippen molar-refractivity contribution in [1.29, 1.82) is 0 Å². The number of nitrogens with one attached hydrogen (secondary N) is 1. The maximum absolute atomic E-state index is 3.78. The van der Waals surface area contributed by atoms with Crippen molar-refractivity contribution in [3.05, 3.63) is 0 Å². The molecule has 0 radical (unpaired) electrons. The van der Waals surface area contributed by atoms with Gasteiger partial charge < -0.3 is 10.2 Å². The summed E-state index contributed by atoms with van der Waals surface area (Å²) in [6, 6.07) is 1.46. The van der Waals surface area contributed by atoms with Gasteiger partial charge in [-0.1, -0.05) is 20.3 Å². The molecule has 1 saturated carbocycles. The average molecular weight is 268 g/mol. The van der Waals surface area contributed by atoms with Crippen LogP contribution in [-0.2, 0) is 0 Å². The topological polar surface area (TPSA) is 15.3 Å². The maximum Gasteiger partial charge on any atom is 0.00672 e. The lowest BCUT2D eigenvalue weighted by atomic mass is 9.85. The van der Waals surface area contributed by atoms with E-state index in [1.165, 1.54) is 58.0 Å². The standard InChI is InChI=1S/C17H36N2/c1-15(2)19(5)14-7-6-13-18-16-9-8-11-17(3,4)12-10-16/h15-16,18H,6-14H2,1-5H3. The van der Waals surface area contributed by atoms with Crippen molar-refractivity contribution in [2.45, 2.75) is 84.7 Å². The molecule has 1 N–H and O–H groups in total. The summed E-state index contributed by atoms with van der Waals surface area (Å²) in [5, 5.41) is 3.78. The zero-order valence-corrected chi connectivity index (χ0v) is 14.0. The van der Waals surface area contributed by atoms with E-state index in [9.17, 15) is 0 Å². The van der Waals surface area contributed by atoms with Crippen molar-refractivity contribution in [2.24, 2.45) is 5.41 Å². The van der Waals surface area contributed by atoms with E-state index in [0.29, 0.717) is 11.5 Å². The van der Waals surface area contributed by atoms with Gasteiger partial charge in [0.25, 0.3) is 0 Å². The Morgan fingerprint density at radius 2 is 1.89 bits per heavy atom. The fourth-order valence-corrected chi connectivity index (χ4v) is 2.92. The molecule has 0 amide bonds. The molecule has 0 aromatic carbocycles. The van der Waals surface area contributed by atoms with E-state index in [2.05, 4.69) is 45.0 Å². The summed E-state index contributed by atoms with van der Waals surface area (Å²) in [5.74, 6) is 0. The van der Waals surface area contributed by atoms with Crippen LogP contribution in [0.3, 0.4) is 0 Å². The quantitative estimate of drug-likeness (QED) is 0.553. The van der Waals surface area contributed by atoms with E-state index in [-0.39, 0.29) is 0 Å². The highest BCUT2D eigenvalue weighted by Crippen LogP contribution is 2.33. The molecule has 1 atom stereocenters. The lowest BCUT2D eigenvalue weighted by Gasteiger charge is -2.22. The molecule has 1 unspecified atom stereocenters. The Bertz CT molecular complexity index is 235. The summed E-state index contributed by atoms with van der Waals surface area (Å²) < 4.78 is 0. The van der Waals surface area contributed by atoms with Gasteiger partial charge in [0.15, 0.2) is 0 Å². The van der Waals surface area contributed by atoms with Gasteiger partial charge >= 0.3 is 0 Å². The lowest BCUT2D eigenvalue weighted by molar-refractivity contribution is 0.266. The first-order valence-corrected chi connectivity index (χ1v) is 8.34. The third kappa shape index (κ3) is 7.31. The minimum Gasteiger partial charge on any atom is -0.314 e. The predicted octanol–water partition coefficient (Wildman–Crippen LogP) is 4.06. The first-order valence-electron chi connectivity index (χ1n) is 8.34. The lowest BCUT2D eigenvalue weighted by Crippen LogP contribution is -2.31. The second-order valence-electron chi connectivity index (χ2n) is 7.53. The molecule has 1 aliphatic rings. The van der Waals surface area contributed by atoms with E-state index in [0.717, 1.165) is 6.04 Å². The second kappa shape index (κ2) is 8.26. The molecule has 0 heterocycles. The summed E-state index contributed by atoms with van der Waals surface area (Å²) in [5.41, 5.74) is 0.580. The SMILES string of the molecule is CC(C)N(C)CCCCNC1CCCC(C)(C)CC1. The highest BCUT2D eigenvalue weighted by Gasteiger charge is 2.23. The monoisotopic (exact) mass is 268 g/mol. The summed E-state index contributed by atoms with van der Waals surface area (Å²) in [6.45, 7) is 11.8. The Morgan fingerprint density at radius 1 is 1.16 bits per heavy atom. The normalized spacial score (nSPS) is 23.8. The van der Waals surface area contributed by atoms with Gasteiger partial charge in [-0.15, -0.1) is 0 Å². The molecule has 114 valence electrons. The zero-order chi connectivity index (χ0) is 14.3. The van der Waals surface area contributed by atoms with Crippen LogP contribution in [0.15, 0.2) is 0 Å². The molecule has 2 heteroatoms. The fourth-order valence-electron chi connectivity index (χ4n) is 2.92. The molecule has 2 nitrogen and oxygen atoms in total. The van der Waals surface area contributed by atoms with Gasteiger partial charge in [0.05, 0.1) is 0 Å². The van der Waals surface area contributed by atoms with Crippen molar-refractivity contribution in [3.63, 3.8) is 0 Å². The van der Waals surface area contributed by atoms with E-state index in [4.69, 9.17) is 0 Å². The van der Waals surface area contributed by atoms with Gasteiger partial charge in [0.1, 0.15) is 0 Å². The van der Waals surface area contributed by atoms with E-state index < -0.39 is 0 Å². The first-order chi connectivity index (χ1) is 8.91. The van der Waals surface area contributed by atoms with Crippen LogP contribution in [0.1, 0.15) is 72.6 Å². The Morgan fingerprint density at radius 3 is 2.58 bits per heavy atom. The smallest absolute Gasteiger partial charge is 0.00672 e. The molecule has 1 rings (SSSR count). The van der Waals surface area contributed by atoms with Crippen LogP contribution in [0, 0.1) is 5.41 Å². The minimum absolute atomic E-state index is 0.580. The second-order valence-corrected chi connectivity index (χ2v) is 7.53. The molecule has 0 spiro atoms. The molecule has 0 bridgehead atoms. The minimum atomic E-state index is 0.580. The predicted molar refractivity (Wildman–Crippen MR) is 85.7 cm³/mol. The molecule has 0 aromatic rings. The van der Waals surface area contributed by atoms with Crippen molar-refractivity contribution in [3.8, 4) is 0 Å². The summed E-state index contributed by atoms with van der Waals surface area (Å²) >= 11 is 0. The number of hydrogen-bond acceptors (Lipinski definition) is 2. The summed E-state index contributed by atoms with van der Waals surface area (Å²) in [7, 11) is 2.23. The third-order valence-corrected chi connectivity index (χ3v) is 4.83. The van der Waals surface area contributed by atoms with Gasteiger partial charge in [-0.25, -0.2) is 0 Å². The Balaban J connectivity index is 2.06. The number of hydrogen-bond donors (Lipinski definition) is 1. The van der Waals surface area contributed by atoms with Crippen LogP contribution in [0.25, 0.3) is 0 Å². The Labute approximate surface area is 121 Å². The maximum atomic E-state index is 3.78. The molecule has 0 aliphatic heterocycles. The molecule has 19 heavy (non-hydrogen) atoms. The van der Waals surface area contributed by atoms with Gasteiger partial charge in [-0.05, 0) is 77.9 Å². The Kier molecular flexibility index (Phi) is 7.38. The van der Waals surface area contributed by atoms with Crippen molar-refractivity contribution < 1.29 is 0 Å². The van der Waals surface area contributed by atoms with Crippen molar-refractivity contribution in [1.82, 2.24) is 10.2 Å². The average Bonchev–Trinajstić information content (AvgIpc) is 2.50. The molecular formula is C17H36N2. The summed E-state index contributed by atoms with van der Waals surface area (Å²) in [6.07, 6.45) is 9.59. The van der Waals surface area contributed by atoms with Crippen LogP contribution >= 0.6 is 0 Å². The highest BCUT2D eigenvalue weighted by molar-refractivity contribution is 4.79. The number of rotatable bonds is 7. The van der Waals surface area contributed by atoms with Crippen LogP contribution in [0.4, 0.5) is 0 Å². The van der Waals surface area contributed by atoms with Gasteiger partial charge in [0, 0.05) is 12.1 Å². The van der Waals surface area contributed by atoms with Gasteiger partial charge in [-0.3, -0.25) is 0 Å². The van der Waals surface area contributed by atoms with E-state index in [1.54, 1.807) is 0 Å². The Hall–Kier alpha value is -0.0800. The van der Waals surface area contributed by atoms with Crippen LogP contribution in [-0.4, -0.2) is 37.1 Å². The van der Waals surface area contributed by atoms with Gasteiger partial charge in [0.2, 0.25) is 0 Å². The summed E-state index contributed by atoms with van der Waals surface area (Å²) in [4.78, 5) is 2.44. The molecule has 1 fully saturated rings. The number of nitrogens with zero attached hydrogens (tertiary/aromatic N) is 1. The fraction of sp³-hybridized carbons (Fsp3) is 1.00. The van der Waals surface area contributed by atoms with Crippen molar-refractivity contribution in [2.75, 3.05) is 20.1 Å². The van der Waals surface area contributed by atoms with Crippen LogP contribution < -0.4 is 5.32 Å². The van der Waals surface area contributed by atoms with E-state index >= 15 is 0 Å².